The first-order valence-corrected chi connectivity index (χ1v) is 7.83. The summed E-state index contributed by atoms with van der Waals surface area (Å²) < 4.78 is 5.58. The number of amides is 1. The Hall–Kier alpha value is -2.21. The van der Waals surface area contributed by atoms with Crippen molar-refractivity contribution in [2.75, 3.05) is 11.9 Å². The number of carbonyl (C=O) groups is 2. The molecule has 116 valence electrons. The highest BCUT2D eigenvalue weighted by atomic mass is 32.1. The molecule has 0 aliphatic rings. The summed E-state index contributed by atoms with van der Waals surface area (Å²) >= 11 is 1.22. The van der Waals surface area contributed by atoms with Gasteiger partial charge in [0.15, 0.2) is 17.5 Å². The summed E-state index contributed by atoms with van der Waals surface area (Å²) in [6, 6.07) is 7.65. The van der Waals surface area contributed by atoms with E-state index in [1.807, 2.05) is 24.3 Å². The molecule has 0 fully saturated rings. The molecular weight excluding hydrogens is 300 g/mol. The Bertz CT molecular complexity index is 680. The molecule has 0 aliphatic heterocycles. The zero-order valence-corrected chi connectivity index (χ0v) is 13.6. The Kier molecular flexibility index (Phi) is 5.27. The lowest BCUT2D eigenvalue weighted by Crippen LogP contribution is -2.20. The summed E-state index contributed by atoms with van der Waals surface area (Å²) in [4.78, 5) is 27.1. The second-order valence-electron chi connectivity index (χ2n) is 5.12. The molecule has 2 rings (SSSR count). The van der Waals surface area contributed by atoms with Crippen LogP contribution in [0.2, 0.25) is 0 Å². The highest BCUT2D eigenvalue weighted by molar-refractivity contribution is 7.14. The van der Waals surface area contributed by atoms with E-state index in [2.05, 4.69) is 24.1 Å². The molecule has 0 unspecified atom stereocenters. The third kappa shape index (κ3) is 4.14. The minimum atomic E-state index is -0.303. The molecule has 2 aromatic rings. The molecule has 0 atom stereocenters. The van der Waals surface area contributed by atoms with Gasteiger partial charge in [0.2, 0.25) is 0 Å². The Labute approximate surface area is 133 Å². The van der Waals surface area contributed by atoms with E-state index in [0.29, 0.717) is 22.5 Å². The van der Waals surface area contributed by atoms with Crippen LogP contribution >= 0.6 is 11.3 Å². The van der Waals surface area contributed by atoms with Gasteiger partial charge in [0.25, 0.3) is 5.91 Å². The predicted octanol–water partition coefficient (Wildman–Crippen LogP) is 3.49. The predicted molar refractivity (Wildman–Crippen MR) is 86.8 cm³/mol. The molecule has 0 radical (unpaired) electrons. The van der Waals surface area contributed by atoms with E-state index in [0.717, 1.165) is 5.56 Å². The number of hydrogen-bond donors (Lipinski definition) is 1. The van der Waals surface area contributed by atoms with Gasteiger partial charge in [-0.25, -0.2) is 4.98 Å². The van der Waals surface area contributed by atoms with E-state index >= 15 is 0 Å². The SMILES string of the molecule is CC(=O)c1csc(NC(=O)COc2ccccc2C(C)C)n1. The zero-order chi connectivity index (χ0) is 16.1. The number of Topliss-reactive ketones (excluding diaryl/α,β-unsaturated/α-hetero) is 1. The van der Waals surface area contributed by atoms with Gasteiger partial charge in [-0.15, -0.1) is 11.3 Å². The number of rotatable bonds is 6. The third-order valence-corrected chi connectivity index (χ3v) is 3.77. The van der Waals surface area contributed by atoms with Gasteiger partial charge in [-0.3, -0.25) is 14.9 Å². The fraction of sp³-hybridized carbons (Fsp3) is 0.312. The van der Waals surface area contributed by atoms with Gasteiger partial charge in [-0.2, -0.15) is 0 Å². The van der Waals surface area contributed by atoms with E-state index in [9.17, 15) is 9.59 Å². The molecule has 1 amide bonds. The maximum absolute atomic E-state index is 11.9. The summed E-state index contributed by atoms with van der Waals surface area (Å²) in [6.07, 6.45) is 0. The molecule has 22 heavy (non-hydrogen) atoms. The van der Waals surface area contributed by atoms with Gasteiger partial charge in [0, 0.05) is 12.3 Å². The second-order valence-corrected chi connectivity index (χ2v) is 5.98. The van der Waals surface area contributed by atoms with Crippen molar-refractivity contribution in [2.24, 2.45) is 0 Å². The van der Waals surface area contributed by atoms with Crippen molar-refractivity contribution in [2.45, 2.75) is 26.7 Å². The van der Waals surface area contributed by atoms with Crippen molar-refractivity contribution in [3.05, 3.63) is 40.9 Å². The first kappa shape index (κ1) is 16.2. The average molecular weight is 318 g/mol. The maximum Gasteiger partial charge on any atom is 0.264 e. The molecule has 5 nitrogen and oxygen atoms in total. The first-order chi connectivity index (χ1) is 10.5. The van der Waals surface area contributed by atoms with Crippen LogP contribution in [0.3, 0.4) is 0 Å². The maximum atomic E-state index is 11.9. The van der Waals surface area contributed by atoms with Crippen LogP contribution in [0.25, 0.3) is 0 Å². The molecule has 0 saturated carbocycles. The van der Waals surface area contributed by atoms with E-state index in [1.54, 1.807) is 5.38 Å². The number of anilines is 1. The number of carbonyl (C=O) groups excluding carboxylic acids is 2. The molecule has 0 aliphatic carbocycles. The van der Waals surface area contributed by atoms with Crippen LogP contribution in [0.5, 0.6) is 5.75 Å². The third-order valence-electron chi connectivity index (χ3n) is 3.01. The van der Waals surface area contributed by atoms with Gasteiger partial charge < -0.3 is 4.74 Å². The summed E-state index contributed by atoms with van der Waals surface area (Å²) in [6.45, 7) is 5.48. The summed E-state index contributed by atoms with van der Waals surface area (Å²) in [7, 11) is 0. The number of para-hydroxylation sites is 1. The lowest BCUT2D eigenvalue weighted by atomic mass is 10.0. The van der Waals surface area contributed by atoms with E-state index in [-0.39, 0.29) is 18.3 Å². The number of benzene rings is 1. The van der Waals surface area contributed by atoms with E-state index in [1.165, 1.54) is 18.3 Å². The van der Waals surface area contributed by atoms with Gasteiger partial charge in [-0.1, -0.05) is 32.0 Å². The van der Waals surface area contributed by atoms with Gasteiger partial charge >= 0.3 is 0 Å². The van der Waals surface area contributed by atoms with Crippen molar-refractivity contribution >= 4 is 28.2 Å². The van der Waals surface area contributed by atoms with Crippen LogP contribution in [0.1, 0.15) is 42.7 Å². The standard InChI is InChI=1S/C16H18N2O3S/c1-10(2)12-6-4-5-7-14(12)21-8-15(20)18-16-17-13(9-22-16)11(3)19/h4-7,9-10H,8H2,1-3H3,(H,17,18,20). The Morgan fingerprint density at radius 1 is 1.32 bits per heavy atom. The Balaban J connectivity index is 1.94. The van der Waals surface area contributed by atoms with Crippen LogP contribution in [0.4, 0.5) is 5.13 Å². The van der Waals surface area contributed by atoms with Gasteiger partial charge in [0.1, 0.15) is 11.4 Å². The minimum Gasteiger partial charge on any atom is -0.483 e. The van der Waals surface area contributed by atoms with E-state index < -0.39 is 0 Å². The molecule has 0 bridgehead atoms. The van der Waals surface area contributed by atoms with Crippen LogP contribution in [-0.4, -0.2) is 23.3 Å². The molecule has 1 heterocycles. The van der Waals surface area contributed by atoms with Crippen molar-refractivity contribution in [1.29, 1.82) is 0 Å². The number of ketones is 1. The lowest BCUT2D eigenvalue weighted by molar-refractivity contribution is -0.118. The average Bonchev–Trinajstić information content (AvgIpc) is 2.94. The Morgan fingerprint density at radius 2 is 2.05 bits per heavy atom. The van der Waals surface area contributed by atoms with Gasteiger partial charge in [-0.05, 0) is 17.5 Å². The smallest absolute Gasteiger partial charge is 0.264 e. The monoisotopic (exact) mass is 318 g/mol. The van der Waals surface area contributed by atoms with Crippen LogP contribution in [0.15, 0.2) is 29.6 Å². The van der Waals surface area contributed by atoms with Crippen molar-refractivity contribution < 1.29 is 14.3 Å². The molecular formula is C16H18N2O3S. The Morgan fingerprint density at radius 3 is 2.68 bits per heavy atom. The fourth-order valence-corrected chi connectivity index (χ4v) is 2.65. The second kappa shape index (κ2) is 7.17. The zero-order valence-electron chi connectivity index (χ0n) is 12.8. The quantitative estimate of drug-likeness (QED) is 0.828. The number of aromatic nitrogens is 1. The number of hydrogen-bond acceptors (Lipinski definition) is 5. The molecule has 0 spiro atoms. The topological polar surface area (TPSA) is 68.3 Å². The van der Waals surface area contributed by atoms with Crippen LogP contribution in [-0.2, 0) is 4.79 Å². The van der Waals surface area contributed by atoms with Crippen LogP contribution in [0, 0.1) is 0 Å². The highest BCUT2D eigenvalue weighted by Crippen LogP contribution is 2.25. The van der Waals surface area contributed by atoms with Crippen LogP contribution < -0.4 is 10.1 Å². The molecule has 1 N–H and O–H groups in total. The lowest BCUT2D eigenvalue weighted by Gasteiger charge is -2.13. The summed E-state index contributed by atoms with van der Waals surface area (Å²) in [5, 5.41) is 4.64. The van der Waals surface area contributed by atoms with Crippen molar-refractivity contribution in [1.82, 2.24) is 4.98 Å². The summed E-state index contributed by atoms with van der Waals surface area (Å²) in [5.41, 5.74) is 1.41. The van der Waals surface area contributed by atoms with E-state index in [4.69, 9.17) is 4.74 Å². The first-order valence-electron chi connectivity index (χ1n) is 6.95. The molecule has 0 saturated heterocycles. The normalized spacial score (nSPS) is 10.5. The van der Waals surface area contributed by atoms with Gasteiger partial charge in [0.05, 0.1) is 0 Å². The van der Waals surface area contributed by atoms with Crippen molar-refractivity contribution in [3.63, 3.8) is 0 Å². The molecule has 6 heteroatoms. The largest absolute Gasteiger partial charge is 0.483 e. The minimum absolute atomic E-state index is 0.0985. The number of ether oxygens (including phenoxy) is 1. The summed E-state index contributed by atoms with van der Waals surface area (Å²) in [5.74, 6) is 0.592. The molecule has 1 aromatic heterocycles. The number of nitrogens with one attached hydrogen (secondary N) is 1. The van der Waals surface area contributed by atoms with Crippen molar-refractivity contribution in [3.8, 4) is 5.75 Å². The fourth-order valence-electron chi connectivity index (χ4n) is 1.88. The number of thiazole rings is 1. The number of nitrogens with zero attached hydrogens (tertiary/aromatic N) is 1. The molecule has 1 aromatic carbocycles. The highest BCUT2D eigenvalue weighted by Gasteiger charge is 2.11.